The van der Waals surface area contributed by atoms with Crippen LogP contribution in [0.4, 0.5) is 5.82 Å². The molecule has 3 rings (SSSR count). The van der Waals surface area contributed by atoms with Crippen LogP contribution in [-0.4, -0.2) is 42.6 Å². The summed E-state index contributed by atoms with van der Waals surface area (Å²) in [5.41, 5.74) is 0. The Morgan fingerprint density at radius 2 is 1.67 bits per heavy atom. The van der Waals surface area contributed by atoms with Gasteiger partial charge in [0.05, 0.1) is 10.0 Å². The Balaban J connectivity index is 1.59. The lowest BCUT2D eigenvalue weighted by Gasteiger charge is -2.35. The van der Waals surface area contributed by atoms with E-state index in [1.165, 1.54) is 45.3 Å². The second-order valence-electron chi connectivity index (χ2n) is 6.00. The quantitative estimate of drug-likeness (QED) is 0.757. The number of rotatable bonds is 3. The molecule has 2 aliphatic rings. The monoisotopic (exact) mass is 347 g/mol. The standard InChI is InChI=1S/C15H20Cl3N3/c16-12-9-13(17)15(19-14(12)18)21-7-3-11(4-8-21)10-20-5-1-2-6-20/h9,11H,1-8,10H2. The lowest BCUT2D eigenvalue weighted by atomic mass is 9.96. The molecule has 0 unspecified atom stereocenters. The Bertz CT molecular complexity index is 495. The average Bonchev–Trinajstić information content (AvgIpc) is 2.97. The molecule has 0 amide bonds. The molecule has 21 heavy (non-hydrogen) atoms. The van der Waals surface area contributed by atoms with Gasteiger partial charge in [0.15, 0.2) is 0 Å². The highest BCUT2D eigenvalue weighted by Crippen LogP contribution is 2.33. The third-order valence-electron chi connectivity index (χ3n) is 4.50. The molecule has 2 saturated heterocycles. The van der Waals surface area contributed by atoms with Crippen molar-refractivity contribution in [2.45, 2.75) is 25.7 Å². The van der Waals surface area contributed by atoms with E-state index in [0.29, 0.717) is 15.2 Å². The molecule has 3 heterocycles. The lowest BCUT2D eigenvalue weighted by molar-refractivity contribution is 0.249. The predicted molar refractivity (Wildman–Crippen MR) is 89.9 cm³/mol. The van der Waals surface area contributed by atoms with E-state index < -0.39 is 0 Å². The molecule has 1 aromatic rings. The van der Waals surface area contributed by atoms with Crippen molar-refractivity contribution in [2.75, 3.05) is 37.6 Å². The normalized spacial score (nSPS) is 21.2. The summed E-state index contributed by atoms with van der Waals surface area (Å²) in [7, 11) is 0. The van der Waals surface area contributed by atoms with Gasteiger partial charge in [0, 0.05) is 19.6 Å². The van der Waals surface area contributed by atoms with Crippen molar-refractivity contribution >= 4 is 40.6 Å². The number of hydrogen-bond donors (Lipinski definition) is 0. The number of aromatic nitrogens is 1. The van der Waals surface area contributed by atoms with Gasteiger partial charge in [-0.2, -0.15) is 0 Å². The van der Waals surface area contributed by atoms with Crippen LogP contribution in [0.1, 0.15) is 25.7 Å². The molecule has 0 radical (unpaired) electrons. The van der Waals surface area contributed by atoms with E-state index in [-0.39, 0.29) is 0 Å². The van der Waals surface area contributed by atoms with Crippen LogP contribution in [0, 0.1) is 5.92 Å². The first kappa shape index (κ1) is 15.7. The molecule has 0 aliphatic carbocycles. The van der Waals surface area contributed by atoms with E-state index in [1.54, 1.807) is 6.07 Å². The van der Waals surface area contributed by atoms with Crippen LogP contribution in [0.25, 0.3) is 0 Å². The van der Waals surface area contributed by atoms with Gasteiger partial charge in [-0.1, -0.05) is 34.8 Å². The highest BCUT2D eigenvalue weighted by molar-refractivity contribution is 6.42. The molecule has 0 saturated carbocycles. The lowest BCUT2D eigenvalue weighted by Crippen LogP contribution is -2.38. The Labute approximate surface area is 141 Å². The first-order valence-corrected chi connectivity index (χ1v) is 8.75. The summed E-state index contributed by atoms with van der Waals surface area (Å²) in [5.74, 6) is 1.56. The van der Waals surface area contributed by atoms with Crippen molar-refractivity contribution in [3.05, 3.63) is 21.3 Å². The molecular weight excluding hydrogens is 329 g/mol. The SMILES string of the molecule is Clc1cc(Cl)c(N2CCC(CN3CCCC3)CC2)nc1Cl. The maximum atomic E-state index is 6.25. The molecule has 3 nitrogen and oxygen atoms in total. The van der Waals surface area contributed by atoms with Crippen LogP contribution in [0.2, 0.25) is 15.2 Å². The molecule has 0 spiro atoms. The van der Waals surface area contributed by atoms with Gasteiger partial charge in [0.25, 0.3) is 0 Å². The molecule has 2 fully saturated rings. The Morgan fingerprint density at radius 1 is 1.00 bits per heavy atom. The van der Waals surface area contributed by atoms with Crippen LogP contribution in [0.5, 0.6) is 0 Å². The molecule has 0 atom stereocenters. The van der Waals surface area contributed by atoms with Crippen molar-refractivity contribution in [2.24, 2.45) is 5.92 Å². The Hall–Kier alpha value is -0.220. The van der Waals surface area contributed by atoms with E-state index in [9.17, 15) is 0 Å². The van der Waals surface area contributed by atoms with Crippen molar-refractivity contribution < 1.29 is 0 Å². The Morgan fingerprint density at radius 3 is 2.33 bits per heavy atom. The zero-order chi connectivity index (χ0) is 14.8. The molecule has 0 bridgehead atoms. The minimum atomic E-state index is 0.329. The minimum absolute atomic E-state index is 0.329. The number of pyridine rings is 1. The molecule has 1 aromatic heterocycles. The summed E-state index contributed by atoms with van der Waals surface area (Å²) in [6.07, 6.45) is 5.10. The number of piperidine rings is 1. The smallest absolute Gasteiger partial charge is 0.150 e. The third kappa shape index (κ3) is 3.76. The fraction of sp³-hybridized carbons (Fsp3) is 0.667. The van der Waals surface area contributed by atoms with Crippen molar-refractivity contribution in [3.63, 3.8) is 0 Å². The van der Waals surface area contributed by atoms with Gasteiger partial charge >= 0.3 is 0 Å². The van der Waals surface area contributed by atoms with Gasteiger partial charge in [-0.05, 0) is 50.8 Å². The molecule has 6 heteroatoms. The van der Waals surface area contributed by atoms with Crippen LogP contribution in [0.15, 0.2) is 6.07 Å². The molecular formula is C15H20Cl3N3. The zero-order valence-corrected chi connectivity index (χ0v) is 14.3. The second-order valence-corrected chi connectivity index (χ2v) is 7.18. The van der Waals surface area contributed by atoms with Gasteiger partial charge in [-0.3, -0.25) is 0 Å². The summed E-state index contributed by atoms with van der Waals surface area (Å²) >= 11 is 18.2. The highest BCUT2D eigenvalue weighted by atomic mass is 35.5. The van der Waals surface area contributed by atoms with Gasteiger partial charge in [-0.15, -0.1) is 0 Å². The summed E-state index contributed by atoms with van der Waals surface area (Å²) in [4.78, 5) is 9.17. The molecule has 0 N–H and O–H groups in total. The largest absolute Gasteiger partial charge is 0.355 e. The summed E-state index contributed by atoms with van der Waals surface area (Å²) in [6, 6.07) is 1.68. The zero-order valence-electron chi connectivity index (χ0n) is 12.0. The second kappa shape index (κ2) is 6.91. The van der Waals surface area contributed by atoms with Crippen LogP contribution in [0.3, 0.4) is 0 Å². The fourth-order valence-corrected chi connectivity index (χ4v) is 3.93. The number of likely N-dealkylation sites (tertiary alicyclic amines) is 1. The van der Waals surface area contributed by atoms with E-state index >= 15 is 0 Å². The third-order valence-corrected chi connectivity index (χ3v) is 5.45. The van der Waals surface area contributed by atoms with Crippen LogP contribution in [-0.2, 0) is 0 Å². The fourth-order valence-electron chi connectivity index (χ4n) is 3.31. The van der Waals surface area contributed by atoms with Crippen LogP contribution >= 0.6 is 34.8 Å². The summed E-state index contributed by atoms with van der Waals surface area (Å²) < 4.78 is 0. The summed E-state index contributed by atoms with van der Waals surface area (Å²) in [5, 5.41) is 1.33. The van der Waals surface area contributed by atoms with E-state index in [1.807, 2.05) is 0 Å². The number of hydrogen-bond acceptors (Lipinski definition) is 3. The van der Waals surface area contributed by atoms with Crippen molar-refractivity contribution in [1.29, 1.82) is 0 Å². The highest BCUT2D eigenvalue weighted by Gasteiger charge is 2.25. The van der Waals surface area contributed by atoms with Gasteiger partial charge < -0.3 is 9.80 Å². The van der Waals surface area contributed by atoms with Crippen molar-refractivity contribution in [3.8, 4) is 0 Å². The number of halogens is 3. The van der Waals surface area contributed by atoms with E-state index in [4.69, 9.17) is 34.8 Å². The summed E-state index contributed by atoms with van der Waals surface area (Å²) in [6.45, 7) is 5.78. The maximum absolute atomic E-state index is 6.25. The first-order chi connectivity index (χ1) is 10.1. The number of anilines is 1. The van der Waals surface area contributed by atoms with Crippen molar-refractivity contribution in [1.82, 2.24) is 9.88 Å². The number of nitrogens with zero attached hydrogens (tertiary/aromatic N) is 3. The van der Waals surface area contributed by atoms with Gasteiger partial charge in [0.2, 0.25) is 0 Å². The topological polar surface area (TPSA) is 19.4 Å². The molecule has 0 aromatic carbocycles. The van der Waals surface area contributed by atoms with Gasteiger partial charge in [-0.25, -0.2) is 4.98 Å². The van der Waals surface area contributed by atoms with E-state index in [0.717, 1.165) is 24.8 Å². The predicted octanol–water partition coefficient (Wildman–Crippen LogP) is 4.35. The maximum Gasteiger partial charge on any atom is 0.150 e. The molecule has 2 aliphatic heterocycles. The Kier molecular flexibility index (Phi) is 5.15. The molecule has 116 valence electrons. The first-order valence-electron chi connectivity index (χ1n) is 7.62. The minimum Gasteiger partial charge on any atom is -0.355 e. The van der Waals surface area contributed by atoms with E-state index in [2.05, 4.69) is 14.8 Å². The average molecular weight is 349 g/mol. The van der Waals surface area contributed by atoms with Gasteiger partial charge in [0.1, 0.15) is 11.0 Å². The van der Waals surface area contributed by atoms with Crippen LogP contribution < -0.4 is 4.90 Å².